The van der Waals surface area contributed by atoms with Crippen molar-refractivity contribution >= 4 is 34.1 Å². The van der Waals surface area contributed by atoms with Gasteiger partial charge in [-0.05, 0) is 18.2 Å². The lowest BCUT2D eigenvalue weighted by Gasteiger charge is -2.08. The summed E-state index contributed by atoms with van der Waals surface area (Å²) in [5.41, 5.74) is 1.10. The molecule has 0 radical (unpaired) electrons. The molecule has 0 atom stereocenters. The van der Waals surface area contributed by atoms with Gasteiger partial charge in [-0.2, -0.15) is 4.98 Å². The lowest BCUT2D eigenvalue weighted by molar-refractivity contribution is -0.115. The summed E-state index contributed by atoms with van der Waals surface area (Å²) in [6, 6.07) is 6.46. The number of thiazole rings is 1. The Hall–Kier alpha value is -3.05. The molecule has 11 heteroatoms. The Balaban J connectivity index is 1.57. The molecular weight excluding hydrogens is 416 g/mol. The molecule has 3 rings (SSSR count). The highest BCUT2D eigenvalue weighted by atomic mass is 32.2. The topological polar surface area (TPSA) is 126 Å². The van der Waals surface area contributed by atoms with Crippen LogP contribution in [0.2, 0.25) is 0 Å². The Morgan fingerprint density at radius 1 is 1.24 bits per heavy atom. The molecule has 0 aliphatic rings. The van der Waals surface area contributed by atoms with E-state index >= 15 is 0 Å². The van der Waals surface area contributed by atoms with Crippen molar-refractivity contribution in [3.05, 3.63) is 40.0 Å². The van der Waals surface area contributed by atoms with Gasteiger partial charge in [0.15, 0.2) is 21.8 Å². The first-order valence-electron chi connectivity index (χ1n) is 8.39. The van der Waals surface area contributed by atoms with Gasteiger partial charge in [-0.25, -0.2) is 4.98 Å². The van der Waals surface area contributed by atoms with Crippen molar-refractivity contribution in [1.82, 2.24) is 15.0 Å². The lowest BCUT2D eigenvalue weighted by Crippen LogP contribution is -2.12. The summed E-state index contributed by atoms with van der Waals surface area (Å²) in [4.78, 5) is 34.1. The average molecular weight is 434 g/mol. The molecule has 3 aromatic rings. The third-order valence-corrected chi connectivity index (χ3v) is 5.34. The Labute approximate surface area is 174 Å². The first-order valence-corrected chi connectivity index (χ1v) is 10.3. The fraction of sp³-hybridized carbons (Fsp3) is 0.222. The van der Waals surface area contributed by atoms with Gasteiger partial charge >= 0.3 is 0 Å². The second-order valence-corrected chi connectivity index (χ2v) is 7.60. The zero-order valence-electron chi connectivity index (χ0n) is 15.6. The first-order chi connectivity index (χ1) is 14.0. The van der Waals surface area contributed by atoms with Crippen LogP contribution in [0.1, 0.15) is 6.42 Å². The van der Waals surface area contributed by atoms with Crippen molar-refractivity contribution in [2.45, 2.75) is 11.6 Å². The molecule has 0 unspecified atom stereocenters. The van der Waals surface area contributed by atoms with E-state index in [0.29, 0.717) is 28.1 Å². The molecule has 0 spiro atoms. The maximum Gasteiger partial charge on any atom is 0.255 e. The number of H-pyrrole nitrogens is 1. The second-order valence-electron chi connectivity index (χ2n) is 5.66. The number of rotatable bonds is 8. The minimum absolute atomic E-state index is 0.190. The van der Waals surface area contributed by atoms with Crippen LogP contribution < -0.4 is 20.3 Å². The third-order valence-electron chi connectivity index (χ3n) is 3.70. The van der Waals surface area contributed by atoms with Gasteiger partial charge in [-0.1, -0.05) is 11.8 Å². The highest BCUT2D eigenvalue weighted by molar-refractivity contribution is 7.99. The van der Waals surface area contributed by atoms with Gasteiger partial charge in [-0.15, -0.1) is 11.3 Å². The number of nitrogens with zero attached hydrogens (tertiary/aromatic N) is 2. The van der Waals surface area contributed by atoms with Gasteiger partial charge < -0.3 is 24.9 Å². The van der Waals surface area contributed by atoms with Crippen LogP contribution in [0.3, 0.4) is 0 Å². The number of methoxy groups -OCH3 is 2. The monoisotopic (exact) mass is 434 g/mol. The van der Waals surface area contributed by atoms with Gasteiger partial charge in [0.05, 0.1) is 26.0 Å². The van der Waals surface area contributed by atoms with Gasteiger partial charge in [0.2, 0.25) is 11.8 Å². The van der Waals surface area contributed by atoms with Crippen molar-refractivity contribution in [1.29, 1.82) is 0 Å². The number of carbonyl (C=O) groups is 1. The zero-order chi connectivity index (χ0) is 20.8. The molecule has 3 N–H and O–H groups in total. The summed E-state index contributed by atoms with van der Waals surface area (Å²) in [5.74, 6) is 1.03. The lowest BCUT2D eigenvalue weighted by atomic mass is 10.1. The maximum atomic E-state index is 12.1. The van der Waals surface area contributed by atoms with Gasteiger partial charge in [0, 0.05) is 23.1 Å². The summed E-state index contributed by atoms with van der Waals surface area (Å²) in [5, 5.41) is 14.6. The molecule has 1 amide bonds. The molecule has 29 heavy (non-hydrogen) atoms. The van der Waals surface area contributed by atoms with E-state index in [1.54, 1.807) is 20.3 Å². The molecular formula is C18H18N4O5S2. The van der Waals surface area contributed by atoms with Crippen LogP contribution in [0.4, 0.5) is 5.13 Å². The number of hydrogen-bond donors (Lipinski definition) is 3. The van der Waals surface area contributed by atoms with Crippen molar-refractivity contribution in [3.8, 4) is 28.6 Å². The Morgan fingerprint density at radius 3 is 2.76 bits per heavy atom. The van der Waals surface area contributed by atoms with E-state index in [9.17, 15) is 14.7 Å². The summed E-state index contributed by atoms with van der Waals surface area (Å²) in [6.07, 6.45) is 0.190. The van der Waals surface area contributed by atoms with Gasteiger partial charge in [0.25, 0.3) is 5.56 Å². The van der Waals surface area contributed by atoms with E-state index in [4.69, 9.17) is 9.47 Å². The fourth-order valence-electron chi connectivity index (χ4n) is 2.37. The number of aromatic amines is 1. The minimum Gasteiger partial charge on any atom is -0.493 e. The number of ether oxygens (including phenoxy) is 2. The van der Waals surface area contributed by atoms with Crippen molar-refractivity contribution < 1.29 is 19.4 Å². The molecule has 0 aliphatic heterocycles. The van der Waals surface area contributed by atoms with E-state index < -0.39 is 5.56 Å². The normalized spacial score (nSPS) is 10.6. The fourth-order valence-corrected chi connectivity index (χ4v) is 3.92. The van der Waals surface area contributed by atoms with Crippen molar-refractivity contribution in [2.75, 3.05) is 25.3 Å². The predicted octanol–water partition coefficient (Wildman–Crippen LogP) is 2.74. The number of amides is 1. The average Bonchev–Trinajstić information content (AvgIpc) is 3.15. The van der Waals surface area contributed by atoms with Crippen LogP contribution >= 0.6 is 23.1 Å². The number of aromatic hydroxyl groups is 1. The van der Waals surface area contributed by atoms with Crippen LogP contribution in [-0.2, 0) is 4.79 Å². The standard InChI is InChI=1S/C18H18N4O5S2/c1-26-12-4-3-10(7-13(12)27-2)11-9-29-17(19-11)20-14(23)5-6-28-18-21-15(24)8-16(25)22-18/h3-4,7-9H,5-6H2,1-2H3,(H,19,20,23)(H2,21,22,24,25). The molecule has 0 fully saturated rings. The van der Waals surface area contributed by atoms with E-state index in [1.165, 1.54) is 23.1 Å². The molecule has 2 aromatic heterocycles. The van der Waals surface area contributed by atoms with E-state index in [-0.39, 0.29) is 23.4 Å². The molecule has 2 heterocycles. The summed E-state index contributed by atoms with van der Waals surface area (Å²) < 4.78 is 10.5. The number of hydrogen-bond acceptors (Lipinski definition) is 9. The van der Waals surface area contributed by atoms with E-state index in [2.05, 4.69) is 20.3 Å². The predicted molar refractivity (Wildman–Crippen MR) is 111 cm³/mol. The van der Waals surface area contributed by atoms with E-state index in [1.807, 2.05) is 17.5 Å². The van der Waals surface area contributed by atoms with Crippen molar-refractivity contribution in [2.24, 2.45) is 0 Å². The molecule has 9 nitrogen and oxygen atoms in total. The summed E-state index contributed by atoms with van der Waals surface area (Å²) in [6.45, 7) is 0. The van der Waals surface area contributed by atoms with Crippen LogP contribution in [-0.4, -0.2) is 45.9 Å². The summed E-state index contributed by atoms with van der Waals surface area (Å²) >= 11 is 2.48. The Bertz CT molecular complexity index is 1070. The number of aromatic nitrogens is 3. The minimum atomic E-state index is -0.449. The smallest absolute Gasteiger partial charge is 0.255 e. The molecule has 0 saturated carbocycles. The number of benzene rings is 1. The number of thioether (sulfide) groups is 1. The Kier molecular flexibility index (Phi) is 6.73. The van der Waals surface area contributed by atoms with Crippen LogP contribution in [0.5, 0.6) is 17.4 Å². The first kappa shape index (κ1) is 20.7. The second kappa shape index (κ2) is 9.43. The quantitative estimate of drug-likeness (QED) is 0.365. The molecule has 1 aromatic carbocycles. The van der Waals surface area contributed by atoms with Crippen molar-refractivity contribution in [3.63, 3.8) is 0 Å². The number of nitrogens with one attached hydrogen (secondary N) is 2. The highest BCUT2D eigenvalue weighted by Gasteiger charge is 2.11. The maximum absolute atomic E-state index is 12.1. The molecule has 152 valence electrons. The van der Waals surface area contributed by atoms with E-state index in [0.717, 1.165) is 11.6 Å². The van der Waals surface area contributed by atoms with Gasteiger partial charge in [-0.3, -0.25) is 9.59 Å². The SMILES string of the molecule is COc1ccc(-c2csc(NC(=O)CCSc3nc(O)cc(=O)[nH]3)n2)cc1OC. The van der Waals surface area contributed by atoms with Crippen LogP contribution in [0, 0.1) is 0 Å². The Morgan fingerprint density at radius 2 is 2.03 bits per heavy atom. The zero-order valence-corrected chi connectivity index (χ0v) is 17.2. The third kappa shape index (κ3) is 5.48. The molecule has 0 bridgehead atoms. The van der Waals surface area contributed by atoms with Gasteiger partial charge in [0.1, 0.15) is 0 Å². The van der Waals surface area contributed by atoms with Crippen LogP contribution in [0.25, 0.3) is 11.3 Å². The number of anilines is 1. The molecule has 0 saturated heterocycles. The van der Waals surface area contributed by atoms with Crippen LogP contribution in [0.15, 0.2) is 39.6 Å². The summed E-state index contributed by atoms with van der Waals surface area (Å²) in [7, 11) is 3.13. The molecule has 0 aliphatic carbocycles. The highest BCUT2D eigenvalue weighted by Crippen LogP contribution is 2.33. The largest absolute Gasteiger partial charge is 0.493 e. The number of carbonyl (C=O) groups excluding carboxylic acids is 1.